The van der Waals surface area contributed by atoms with Gasteiger partial charge in [0.05, 0.1) is 12.2 Å². The summed E-state index contributed by atoms with van der Waals surface area (Å²) in [6.45, 7) is -0.208. The number of anilines is 1. The highest BCUT2D eigenvalue weighted by Gasteiger charge is 2.33. The van der Waals surface area contributed by atoms with Crippen molar-refractivity contribution in [2.75, 3.05) is 25.1 Å². The molecule has 1 aliphatic heterocycles. The number of amides is 2. The van der Waals surface area contributed by atoms with E-state index in [1.807, 2.05) is 0 Å². The van der Waals surface area contributed by atoms with Crippen LogP contribution in [0.5, 0.6) is 11.5 Å². The van der Waals surface area contributed by atoms with Crippen molar-refractivity contribution in [2.24, 2.45) is 0 Å². The van der Waals surface area contributed by atoms with Crippen molar-refractivity contribution in [3.8, 4) is 11.5 Å². The molecule has 0 saturated heterocycles. The van der Waals surface area contributed by atoms with Crippen LogP contribution in [-0.4, -0.2) is 38.1 Å². The number of fused-ring (bicyclic) bond motifs is 1. The molecule has 2 aromatic rings. The van der Waals surface area contributed by atoms with Crippen LogP contribution in [0.3, 0.4) is 0 Å². The largest absolute Gasteiger partial charge is 0.484 e. The summed E-state index contributed by atoms with van der Waals surface area (Å²) in [5.41, 5.74) is 0.565. The Balaban J connectivity index is 1.77. The van der Waals surface area contributed by atoms with E-state index in [0.29, 0.717) is 11.4 Å². The third-order valence-corrected chi connectivity index (χ3v) is 3.77. The second-order valence-electron chi connectivity index (χ2n) is 5.44. The molecule has 0 fully saturated rings. The number of nitrogens with one attached hydrogen (secondary N) is 1. The third-order valence-electron chi connectivity index (χ3n) is 3.77. The fourth-order valence-corrected chi connectivity index (χ4v) is 2.55. The van der Waals surface area contributed by atoms with E-state index in [1.54, 1.807) is 30.3 Å². The van der Waals surface area contributed by atoms with Crippen molar-refractivity contribution < 1.29 is 23.5 Å². The molecule has 3 rings (SSSR count). The number of carbonyl (C=O) groups excluding carboxylic acids is 2. The average molecular weight is 344 g/mol. The summed E-state index contributed by atoms with van der Waals surface area (Å²) in [6, 6.07) is 12.5. The van der Waals surface area contributed by atoms with E-state index < -0.39 is 11.9 Å². The van der Waals surface area contributed by atoms with Gasteiger partial charge in [0.25, 0.3) is 11.8 Å². The normalized spacial score (nSPS) is 15.8. The molecule has 0 aliphatic carbocycles. The molecular weight excluding hydrogens is 327 g/mol. The van der Waals surface area contributed by atoms with Crippen molar-refractivity contribution in [1.82, 2.24) is 5.32 Å². The van der Waals surface area contributed by atoms with E-state index in [4.69, 9.17) is 9.47 Å². The lowest BCUT2D eigenvalue weighted by atomic mass is 10.1. The number of hydrogen-bond donors (Lipinski definition) is 1. The fraction of sp³-hybridized carbons (Fsp3) is 0.222. The highest BCUT2D eigenvalue weighted by Crippen LogP contribution is 2.33. The molecule has 0 spiro atoms. The van der Waals surface area contributed by atoms with Crippen LogP contribution in [0.25, 0.3) is 0 Å². The number of para-hydroxylation sites is 2. The monoisotopic (exact) mass is 344 g/mol. The van der Waals surface area contributed by atoms with Crippen molar-refractivity contribution in [3.63, 3.8) is 0 Å². The molecule has 7 heteroatoms. The SMILES string of the molecule is CNC(=O)[C@@H]1CN(C(=O)COc2cccc(F)c2)c2ccccc2O1. The molecule has 0 radical (unpaired) electrons. The van der Waals surface area contributed by atoms with Gasteiger partial charge in [0.15, 0.2) is 12.7 Å². The van der Waals surface area contributed by atoms with Crippen LogP contribution in [0.1, 0.15) is 0 Å². The molecule has 1 N–H and O–H groups in total. The Morgan fingerprint density at radius 3 is 2.84 bits per heavy atom. The zero-order chi connectivity index (χ0) is 17.8. The molecule has 6 nitrogen and oxygen atoms in total. The number of likely N-dealkylation sites (N-methyl/N-ethyl adjacent to an activating group) is 1. The predicted molar refractivity (Wildman–Crippen MR) is 89.2 cm³/mol. The van der Waals surface area contributed by atoms with Crippen molar-refractivity contribution in [3.05, 3.63) is 54.3 Å². The Hall–Kier alpha value is -3.09. The molecule has 25 heavy (non-hydrogen) atoms. The van der Waals surface area contributed by atoms with Crippen LogP contribution in [0, 0.1) is 5.82 Å². The Kier molecular flexibility index (Phi) is 4.83. The minimum atomic E-state index is -0.807. The van der Waals surface area contributed by atoms with Crippen LogP contribution in [0.4, 0.5) is 10.1 Å². The molecule has 1 heterocycles. The fourth-order valence-electron chi connectivity index (χ4n) is 2.55. The molecule has 0 aromatic heterocycles. The van der Waals surface area contributed by atoms with Gasteiger partial charge in [-0.25, -0.2) is 4.39 Å². The Morgan fingerprint density at radius 1 is 1.28 bits per heavy atom. The highest BCUT2D eigenvalue weighted by atomic mass is 19.1. The summed E-state index contributed by atoms with van der Waals surface area (Å²) in [4.78, 5) is 26.0. The topological polar surface area (TPSA) is 67.9 Å². The zero-order valence-electron chi connectivity index (χ0n) is 13.6. The van der Waals surface area contributed by atoms with Crippen molar-refractivity contribution >= 4 is 17.5 Å². The van der Waals surface area contributed by atoms with Crippen LogP contribution in [0.15, 0.2) is 48.5 Å². The van der Waals surface area contributed by atoms with Gasteiger partial charge in [0.1, 0.15) is 17.3 Å². The Morgan fingerprint density at radius 2 is 2.08 bits per heavy atom. The number of hydrogen-bond acceptors (Lipinski definition) is 4. The van der Waals surface area contributed by atoms with E-state index in [-0.39, 0.29) is 30.7 Å². The van der Waals surface area contributed by atoms with E-state index in [2.05, 4.69) is 5.32 Å². The van der Waals surface area contributed by atoms with E-state index in [9.17, 15) is 14.0 Å². The number of ether oxygens (including phenoxy) is 2. The van der Waals surface area contributed by atoms with Gasteiger partial charge in [-0.3, -0.25) is 9.59 Å². The smallest absolute Gasteiger partial charge is 0.265 e. The lowest BCUT2D eigenvalue weighted by Gasteiger charge is -2.33. The number of benzene rings is 2. The predicted octanol–water partition coefficient (Wildman–Crippen LogP) is 1.74. The summed E-state index contributed by atoms with van der Waals surface area (Å²) in [5, 5.41) is 2.51. The number of halogens is 1. The number of rotatable bonds is 4. The van der Waals surface area contributed by atoms with Gasteiger partial charge in [0, 0.05) is 13.1 Å². The first-order valence-electron chi connectivity index (χ1n) is 7.74. The molecule has 0 unspecified atom stereocenters. The molecule has 0 saturated carbocycles. The van der Waals surface area contributed by atoms with Gasteiger partial charge in [-0.2, -0.15) is 0 Å². The second-order valence-corrected chi connectivity index (χ2v) is 5.44. The molecule has 130 valence electrons. The summed E-state index contributed by atoms with van der Waals surface area (Å²) in [5.74, 6) is -0.409. The molecule has 1 aliphatic rings. The summed E-state index contributed by atoms with van der Waals surface area (Å²) >= 11 is 0. The summed E-state index contributed by atoms with van der Waals surface area (Å²) in [7, 11) is 1.51. The molecule has 2 aromatic carbocycles. The molecule has 0 bridgehead atoms. The number of carbonyl (C=O) groups is 2. The average Bonchev–Trinajstić information content (AvgIpc) is 2.64. The maximum Gasteiger partial charge on any atom is 0.265 e. The second kappa shape index (κ2) is 7.21. The minimum Gasteiger partial charge on any atom is -0.484 e. The van der Waals surface area contributed by atoms with Crippen LogP contribution in [0.2, 0.25) is 0 Å². The quantitative estimate of drug-likeness (QED) is 0.917. The maximum absolute atomic E-state index is 13.2. The Labute approximate surface area is 144 Å². The van der Waals surface area contributed by atoms with Gasteiger partial charge in [-0.1, -0.05) is 18.2 Å². The van der Waals surface area contributed by atoms with Gasteiger partial charge in [-0.15, -0.1) is 0 Å². The van der Waals surface area contributed by atoms with Crippen LogP contribution >= 0.6 is 0 Å². The Bertz CT molecular complexity index is 796. The van der Waals surface area contributed by atoms with Crippen LogP contribution < -0.4 is 19.7 Å². The molecular formula is C18H17FN2O4. The molecule has 1 atom stereocenters. The molecule has 2 amide bonds. The lowest BCUT2D eigenvalue weighted by molar-refractivity contribution is -0.128. The van der Waals surface area contributed by atoms with Crippen molar-refractivity contribution in [1.29, 1.82) is 0 Å². The van der Waals surface area contributed by atoms with Gasteiger partial charge in [0.2, 0.25) is 0 Å². The van der Waals surface area contributed by atoms with E-state index >= 15 is 0 Å². The third kappa shape index (κ3) is 3.71. The maximum atomic E-state index is 13.2. The van der Waals surface area contributed by atoms with E-state index in [1.165, 1.54) is 30.1 Å². The van der Waals surface area contributed by atoms with Gasteiger partial charge in [-0.05, 0) is 24.3 Å². The first-order valence-corrected chi connectivity index (χ1v) is 7.74. The van der Waals surface area contributed by atoms with Gasteiger partial charge < -0.3 is 19.7 Å². The standard InChI is InChI=1S/C18H17FN2O4/c1-20-18(23)16-10-21(14-7-2-3-8-15(14)25-16)17(22)11-24-13-6-4-5-12(19)9-13/h2-9,16H,10-11H2,1H3,(H,20,23)/t16-/m0/s1. The van der Waals surface area contributed by atoms with Gasteiger partial charge >= 0.3 is 0 Å². The first-order chi connectivity index (χ1) is 12.1. The van der Waals surface area contributed by atoms with Crippen molar-refractivity contribution in [2.45, 2.75) is 6.10 Å². The number of nitrogens with zero attached hydrogens (tertiary/aromatic N) is 1. The van der Waals surface area contributed by atoms with E-state index in [0.717, 1.165) is 0 Å². The minimum absolute atomic E-state index is 0.0715. The summed E-state index contributed by atoms with van der Waals surface area (Å²) < 4.78 is 24.2. The van der Waals surface area contributed by atoms with Crippen LogP contribution in [-0.2, 0) is 9.59 Å². The lowest BCUT2D eigenvalue weighted by Crippen LogP contribution is -2.51. The first kappa shape index (κ1) is 16.8. The zero-order valence-corrected chi connectivity index (χ0v) is 13.6. The highest BCUT2D eigenvalue weighted by molar-refractivity contribution is 5.98. The summed E-state index contributed by atoms with van der Waals surface area (Å²) in [6.07, 6.45) is -0.807.